The van der Waals surface area contributed by atoms with Gasteiger partial charge in [-0.3, -0.25) is 4.79 Å². The van der Waals surface area contributed by atoms with Crippen molar-refractivity contribution in [1.29, 1.82) is 0 Å². The smallest absolute Gasteiger partial charge is 0.258 e. The minimum atomic E-state index is -0.535. The van der Waals surface area contributed by atoms with E-state index in [-0.39, 0.29) is 6.61 Å². The molecule has 3 rings (SSSR count). The normalized spacial score (nSPS) is 10.4. The van der Waals surface area contributed by atoms with E-state index in [1.165, 1.54) is 0 Å². The van der Waals surface area contributed by atoms with Crippen LogP contribution in [0.3, 0.4) is 0 Å². The molecular formula is C18H17N3O5. The van der Waals surface area contributed by atoms with Gasteiger partial charge < -0.3 is 24.5 Å². The van der Waals surface area contributed by atoms with E-state index in [4.69, 9.17) is 24.5 Å². The van der Waals surface area contributed by atoms with Crippen LogP contribution >= 0.6 is 0 Å². The number of aromatic nitrogens is 2. The molecule has 8 heteroatoms. The molecule has 2 aromatic carbocycles. The largest absolute Gasteiger partial charge is 0.493 e. The molecule has 26 heavy (non-hydrogen) atoms. The van der Waals surface area contributed by atoms with Crippen molar-refractivity contribution in [2.75, 3.05) is 20.8 Å². The second-order valence-electron chi connectivity index (χ2n) is 5.27. The molecule has 2 N–H and O–H groups in total. The number of rotatable bonds is 7. The first-order valence-electron chi connectivity index (χ1n) is 7.68. The van der Waals surface area contributed by atoms with Crippen LogP contribution in [0.5, 0.6) is 17.2 Å². The van der Waals surface area contributed by atoms with Crippen LogP contribution in [0.2, 0.25) is 0 Å². The SMILES string of the molecule is COc1ccc(-c2nc(-c3ccc(OCC(N)=O)cc3)no2)cc1OC. The molecule has 0 radical (unpaired) electrons. The van der Waals surface area contributed by atoms with Gasteiger partial charge in [-0.1, -0.05) is 5.16 Å². The first kappa shape index (κ1) is 17.3. The topological polar surface area (TPSA) is 110 Å². The van der Waals surface area contributed by atoms with Crippen LogP contribution in [0.15, 0.2) is 47.0 Å². The van der Waals surface area contributed by atoms with Crippen molar-refractivity contribution in [2.45, 2.75) is 0 Å². The maximum atomic E-state index is 10.7. The predicted octanol–water partition coefficient (Wildman–Crippen LogP) is 2.28. The Balaban J connectivity index is 1.80. The Morgan fingerprint density at radius 2 is 1.73 bits per heavy atom. The standard InChI is InChI=1S/C18H17N3O5/c1-23-14-8-5-12(9-15(14)24-2)18-20-17(21-26-18)11-3-6-13(7-4-11)25-10-16(19)22/h3-9H,10H2,1-2H3,(H2,19,22). The molecule has 0 saturated carbocycles. The fourth-order valence-corrected chi connectivity index (χ4v) is 2.28. The highest BCUT2D eigenvalue weighted by atomic mass is 16.5. The van der Waals surface area contributed by atoms with Gasteiger partial charge in [0.05, 0.1) is 14.2 Å². The molecule has 1 heterocycles. The lowest BCUT2D eigenvalue weighted by Gasteiger charge is -2.07. The van der Waals surface area contributed by atoms with Gasteiger partial charge in [0.25, 0.3) is 11.8 Å². The maximum absolute atomic E-state index is 10.7. The molecule has 1 aromatic heterocycles. The molecule has 3 aromatic rings. The lowest BCUT2D eigenvalue weighted by atomic mass is 10.2. The van der Waals surface area contributed by atoms with Crippen molar-refractivity contribution in [1.82, 2.24) is 10.1 Å². The summed E-state index contributed by atoms with van der Waals surface area (Å²) < 4.78 is 21.0. The molecule has 1 amide bonds. The van der Waals surface area contributed by atoms with E-state index in [0.717, 1.165) is 5.56 Å². The second kappa shape index (κ2) is 7.56. The van der Waals surface area contributed by atoms with Crippen molar-refractivity contribution < 1.29 is 23.5 Å². The zero-order chi connectivity index (χ0) is 18.5. The van der Waals surface area contributed by atoms with E-state index in [1.54, 1.807) is 56.7 Å². The van der Waals surface area contributed by atoms with Crippen molar-refractivity contribution in [3.8, 4) is 40.1 Å². The molecule has 134 valence electrons. The first-order valence-corrected chi connectivity index (χ1v) is 7.68. The van der Waals surface area contributed by atoms with Crippen LogP contribution < -0.4 is 19.9 Å². The number of nitrogens with zero attached hydrogens (tertiary/aromatic N) is 2. The highest BCUT2D eigenvalue weighted by Gasteiger charge is 2.13. The Morgan fingerprint density at radius 3 is 2.38 bits per heavy atom. The summed E-state index contributed by atoms with van der Waals surface area (Å²) in [6, 6.07) is 12.3. The molecule has 0 spiro atoms. The third-order valence-electron chi connectivity index (χ3n) is 3.55. The number of amides is 1. The molecule has 0 aliphatic heterocycles. The number of nitrogens with two attached hydrogens (primary N) is 1. The van der Waals surface area contributed by atoms with Gasteiger partial charge in [0.1, 0.15) is 5.75 Å². The summed E-state index contributed by atoms with van der Waals surface area (Å²) >= 11 is 0. The van der Waals surface area contributed by atoms with Crippen molar-refractivity contribution in [3.63, 3.8) is 0 Å². The van der Waals surface area contributed by atoms with Crippen LogP contribution in [0, 0.1) is 0 Å². The van der Waals surface area contributed by atoms with E-state index >= 15 is 0 Å². The predicted molar refractivity (Wildman–Crippen MR) is 93.0 cm³/mol. The lowest BCUT2D eigenvalue weighted by Crippen LogP contribution is -2.19. The number of methoxy groups -OCH3 is 2. The van der Waals surface area contributed by atoms with Gasteiger partial charge in [0, 0.05) is 11.1 Å². The van der Waals surface area contributed by atoms with Gasteiger partial charge in [-0.2, -0.15) is 4.98 Å². The monoisotopic (exact) mass is 355 g/mol. The van der Waals surface area contributed by atoms with Crippen molar-refractivity contribution in [3.05, 3.63) is 42.5 Å². The summed E-state index contributed by atoms with van der Waals surface area (Å²) in [4.78, 5) is 15.1. The van der Waals surface area contributed by atoms with E-state index in [2.05, 4.69) is 10.1 Å². The Hall–Kier alpha value is -3.55. The summed E-state index contributed by atoms with van der Waals surface area (Å²) in [5.41, 5.74) is 6.50. The van der Waals surface area contributed by atoms with Crippen LogP contribution in [0.25, 0.3) is 22.8 Å². The zero-order valence-corrected chi connectivity index (χ0v) is 14.3. The fraction of sp³-hybridized carbons (Fsp3) is 0.167. The summed E-state index contributed by atoms with van der Waals surface area (Å²) in [5, 5.41) is 3.99. The molecule has 0 unspecified atom stereocenters. The molecule has 0 aliphatic carbocycles. The Kier molecular flexibility index (Phi) is 5.02. The first-order chi connectivity index (χ1) is 12.6. The Labute approximate surface area is 149 Å². The molecular weight excluding hydrogens is 338 g/mol. The summed E-state index contributed by atoms with van der Waals surface area (Å²) in [5.74, 6) is 1.96. The molecule has 0 bridgehead atoms. The number of hydrogen-bond acceptors (Lipinski definition) is 7. The number of hydrogen-bond donors (Lipinski definition) is 1. The van der Waals surface area contributed by atoms with Gasteiger partial charge in [0.2, 0.25) is 5.82 Å². The Morgan fingerprint density at radius 1 is 1.04 bits per heavy atom. The van der Waals surface area contributed by atoms with Crippen LogP contribution in [-0.2, 0) is 4.79 Å². The minimum Gasteiger partial charge on any atom is -0.493 e. The molecule has 0 aliphatic rings. The van der Waals surface area contributed by atoms with Crippen LogP contribution in [0.4, 0.5) is 0 Å². The van der Waals surface area contributed by atoms with E-state index in [0.29, 0.717) is 34.5 Å². The van der Waals surface area contributed by atoms with E-state index in [1.807, 2.05) is 0 Å². The summed E-state index contributed by atoms with van der Waals surface area (Å²) in [6.45, 7) is -0.176. The quantitative estimate of drug-likeness (QED) is 0.692. The van der Waals surface area contributed by atoms with Crippen molar-refractivity contribution in [2.24, 2.45) is 5.73 Å². The molecule has 0 fully saturated rings. The average molecular weight is 355 g/mol. The number of primary amides is 1. The summed E-state index contributed by atoms with van der Waals surface area (Å²) in [6.07, 6.45) is 0. The number of ether oxygens (including phenoxy) is 3. The van der Waals surface area contributed by atoms with Crippen LogP contribution in [-0.4, -0.2) is 36.9 Å². The fourth-order valence-electron chi connectivity index (χ4n) is 2.28. The van der Waals surface area contributed by atoms with Gasteiger partial charge in [-0.05, 0) is 42.5 Å². The number of benzene rings is 2. The van der Waals surface area contributed by atoms with Crippen LogP contribution in [0.1, 0.15) is 0 Å². The molecule has 8 nitrogen and oxygen atoms in total. The minimum absolute atomic E-state index is 0.176. The van der Waals surface area contributed by atoms with Gasteiger partial charge in [0.15, 0.2) is 18.1 Å². The van der Waals surface area contributed by atoms with E-state index in [9.17, 15) is 4.79 Å². The van der Waals surface area contributed by atoms with Gasteiger partial charge in [-0.25, -0.2) is 0 Å². The van der Waals surface area contributed by atoms with Gasteiger partial charge in [-0.15, -0.1) is 0 Å². The zero-order valence-electron chi connectivity index (χ0n) is 14.3. The second-order valence-corrected chi connectivity index (χ2v) is 5.27. The molecule has 0 saturated heterocycles. The van der Waals surface area contributed by atoms with Gasteiger partial charge >= 0.3 is 0 Å². The van der Waals surface area contributed by atoms with Crippen molar-refractivity contribution >= 4 is 5.91 Å². The van der Waals surface area contributed by atoms with E-state index < -0.39 is 5.91 Å². The summed E-state index contributed by atoms with van der Waals surface area (Å²) in [7, 11) is 3.13. The average Bonchev–Trinajstić information content (AvgIpc) is 3.16. The third-order valence-corrected chi connectivity index (χ3v) is 3.55. The molecule has 0 atom stereocenters. The highest BCUT2D eigenvalue weighted by Crippen LogP contribution is 2.32. The number of carbonyl (C=O) groups is 1. The number of carbonyl (C=O) groups excluding carboxylic acids is 1. The Bertz CT molecular complexity index is 905. The third kappa shape index (κ3) is 3.75. The highest BCUT2D eigenvalue weighted by molar-refractivity contribution is 5.75. The maximum Gasteiger partial charge on any atom is 0.258 e. The lowest BCUT2D eigenvalue weighted by molar-refractivity contribution is -0.119.